The van der Waals surface area contributed by atoms with Gasteiger partial charge in [0, 0.05) is 6.42 Å². The summed E-state index contributed by atoms with van der Waals surface area (Å²) in [6.07, 6.45) is 1.42. The molecule has 9 heavy (non-hydrogen) atoms. The number of hydrogen-bond acceptors (Lipinski definition) is 2. The SMILES string of the molecule is CCCC(=N)NC(N)=O. The zero-order valence-electron chi connectivity index (χ0n) is 5.40. The molecule has 4 N–H and O–H groups in total. The molecule has 0 unspecified atom stereocenters. The van der Waals surface area contributed by atoms with Crippen molar-refractivity contribution in [2.24, 2.45) is 5.73 Å². The van der Waals surface area contributed by atoms with Crippen molar-refractivity contribution in [1.29, 1.82) is 5.41 Å². The van der Waals surface area contributed by atoms with E-state index in [1.807, 2.05) is 6.92 Å². The van der Waals surface area contributed by atoms with Gasteiger partial charge in [-0.3, -0.25) is 10.7 Å². The second-order valence-corrected chi connectivity index (χ2v) is 1.72. The summed E-state index contributed by atoms with van der Waals surface area (Å²) in [6, 6.07) is -0.659. The van der Waals surface area contributed by atoms with Crippen LogP contribution >= 0.6 is 0 Å². The van der Waals surface area contributed by atoms with Gasteiger partial charge in [-0.05, 0) is 6.42 Å². The molecular weight excluding hydrogens is 118 g/mol. The number of nitrogens with two attached hydrogens (primary N) is 1. The molecule has 0 aliphatic heterocycles. The number of primary amides is 1. The zero-order chi connectivity index (χ0) is 7.28. The Hall–Kier alpha value is -1.06. The second-order valence-electron chi connectivity index (χ2n) is 1.72. The van der Waals surface area contributed by atoms with E-state index >= 15 is 0 Å². The molecule has 0 rings (SSSR count). The summed E-state index contributed by atoms with van der Waals surface area (Å²) < 4.78 is 0. The smallest absolute Gasteiger partial charge is 0.317 e. The molecule has 4 heteroatoms. The van der Waals surface area contributed by atoms with Crippen LogP contribution < -0.4 is 11.1 Å². The molecule has 4 nitrogen and oxygen atoms in total. The molecule has 0 aromatic heterocycles. The Morgan fingerprint density at radius 3 is 2.67 bits per heavy atom. The molecule has 0 heterocycles. The summed E-state index contributed by atoms with van der Waals surface area (Å²) in [7, 11) is 0. The molecule has 0 aromatic rings. The molecule has 0 saturated heterocycles. The highest BCUT2D eigenvalue weighted by Gasteiger charge is 1.95. The third kappa shape index (κ3) is 4.80. The van der Waals surface area contributed by atoms with Gasteiger partial charge in [0.25, 0.3) is 0 Å². The zero-order valence-corrected chi connectivity index (χ0v) is 5.40. The topological polar surface area (TPSA) is 79.0 Å². The van der Waals surface area contributed by atoms with Gasteiger partial charge < -0.3 is 5.73 Å². The van der Waals surface area contributed by atoms with Gasteiger partial charge in [0.1, 0.15) is 5.84 Å². The minimum atomic E-state index is -0.659. The maximum atomic E-state index is 10.1. The lowest BCUT2D eigenvalue weighted by Crippen LogP contribution is -2.34. The summed E-state index contributed by atoms with van der Waals surface area (Å²) in [4.78, 5) is 10.1. The predicted octanol–water partition coefficient (Wildman–Crippen LogP) is 0.432. The average Bonchev–Trinajstić information content (AvgIpc) is 1.63. The highest BCUT2D eigenvalue weighted by Crippen LogP contribution is 1.84. The maximum Gasteiger partial charge on any atom is 0.317 e. The van der Waals surface area contributed by atoms with Crippen molar-refractivity contribution in [1.82, 2.24) is 5.32 Å². The largest absolute Gasteiger partial charge is 0.351 e. The predicted molar refractivity (Wildman–Crippen MR) is 35.4 cm³/mol. The normalized spacial score (nSPS) is 8.56. The van der Waals surface area contributed by atoms with Crippen LogP contribution in [0.2, 0.25) is 0 Å². The Kier molecular flexibility index (Phi) is 3.43. The maximum absolute atomic E-state index is 10.1. The first-order valence-electron chi connectivity index (χ1n) is 2.80. The fraction of sp³-hybridized carbons (Fsp3) is 0.600. The van der Waals surface area contributed by atoms with Crippen LogP contribution in [0.5, 0.6) is 0 Å². The number of carbonyl (C=O) groups excluding carboxylic acids is 1. The van der Waals surface area contributed by atoms with Gasteiger partial charge in [-0.25, -0.2) is 4.79 Å². The summed E-state index contributed by atoms with van der Waals surface area (Å²) >= 11 is 0. The summed E-state index contributed by atoms with van der Waals surface area (Å²) in [5.41, 5.74) is 4.73. The fourth-order valence-corrected chi connectivity index (χ4v) is 0.461. The van der Waals surface area contributed by atoms with E-state index < -0.39 is 6.03 Å². The van der Waals surface area contributed by atoms with Gasteiger partial charge in [-0.1, -0.05) is 6.92 Å². The monoisotopic (exact) mass is 129 g/mol. The van der Waals surface area contributed by atoms with Crippen LogP contribution in [0.25, 0.3) is 0 Å². The van der Waals surface area contributed by atoms with E-state index in [1.165, 1.54) is 0 Å². The van der Waals surface area contributed by atoms with E-state index in [1.54, 1.807) is 0 Å². The van der Waals surface area contributed by atoms with E-state index in [-0.39, 0.29) is 5.84 Å². The van der Waals surface area contributed by atoms with E-state index in [2.05, 4.69) is 5.32 Å². The molecule has 0 aliphatic carbocycles. The van der Waals surface area contributed by atoms with E-state index in [0.717, 1.165) is 6.42 Å². The lowest BCUT2D eigenvalue weighted by molar-refractivity contribution is 0.253. The molecule has 52 valence electrons. The van der Waals surface area contributed by atoms with Crippen molar-refractivity contribution in [3.63, 3.8) is 0 Å². The number of hydrogen-bond donors (Lipinski definition) is 3. The first kappa shape index (κ1) is 7.94. The van der Waals surface area contributed by atoms with Crippen LogP contribution in [0.3, 0.4) is 0 Å². The first-order valence-corrected chi connectivity index (χ1v) is 2.80. The first-order chi connectivity index (χ1) is 4.16. The van der Waals surface area contributed by atoms with Crippen LogP contribution in [-0.2, 0) is 0 Å². The second kappa shape index (κ2) is 3.88. The van der Waals surface area contributed by atoms with Crippen molar-refractivity contribution in [3.05, 3.63) is 0 Å². The average molecular weight is 129 g/mol. The molecule has 0 atom stereocenters. The minimum absolute atomic E-state index is 0.185. The highest BCUT2D eigenvalue weighted by molar-refractivity contribution is 5.94. The molecule has 0 bridgehead atoms. The van der Waals surface area contributed by atoms with Crippen molar-refractivity contribution in [3.8, 4) is 0 Å². The van der Waals surface area contributed by atoms with Crippen LogP contribution in [0.4, 0.5) is 4.79 Å². The molecule has 0 radical (unpaired) electrons. The summed E-state index contributed by atoms with van der Waals surface area (Å²) in [5.74, 6) is 0.185. The molecule has 0 aliphatic rings. The van der Waals surface area contributed by atoms with E-state index in [4.69, 9.17) is 11.1 Å². The Balaban J connectivity index is 3.39. The van der Waals surface area contributed by atoms with Gasteiger partial charge in [0.2, 0.25) is 0 Å². The number of rotatable bonds is 2. The number of amides is 2. The van der Waals surface area contributed by atoms with Crippen molar-refractivity contribution >= 4 is 11.9 Å². The highest BCUT2D eigenvalue weighted by atomic mass is 16.2. The van der Waals surface area contributed by atoms with Crippen LogP contribution in [0.15, 0.2) is 0 Å². The van der Waals surface area contributed by atoms with Crippen LogP contribution in [-0.4, -0.2) is 11.9 Å². The standard InChI is InChI=1S/C5H11N3O/c1-2-3-4(6)8-5(7)9/h2-3H2,1H3,(H4,6,7,8,9). The Bertz CT molecular complexity index is 121. The lowest BCUT2D eigenvalue weighted by atomic mass is 10.3. The van der Waals surface area contributed by atoms with E-state index in [0.29, 0.717) is 6.42 Å². The van der Waals surface area contributed by atoms with Crippen molar-refractivity contribution in [2.75, 3.05) is 0 Å². The van der Waals surface area contributed by atoms with Gasteiger partial charge >= 0.3 is 6.03 Å². The number of carbonyl (C=O) groups is 1. The number of amidine groups is 1. The molecular formula is C5H11N3O. The molecule has 0 spiro atoms. The van der Waals surface area contributed by atoms with Crippen molar-refractivity contribution in [2.45, 2.75) is 19.8 Å². The Labute approximate surface area is 53.9 Å². The van der Waals surface area contributed by atoms with Gasteiger partial charge in [0.05, 0.1) is 0 Å². The number of urea groups is 1. The van der Waals surface area contributed by atoms with Gasteiger partial charge in [-0.15, -0.1) is 0 Å². The quantitative estimate of drug-likeness (QED) is 0.367. The molecule has 0 aromatic carbocycles. The molecule has 0 saturated carbocycles. The van der Waals surface area contributed by atoms with Crippen LogP contribution in [0.1, 0.15) is 19.8 Å². The summed E-state index contributed by atoms with van der Waals surface area (Å²) in [5, 5.41) is 9.17. The summed E-state index contributed by atoms with van der Waals surface area (Å²) in [6.45, 7) is 1.93. The third-order valence-electron chi connectivity index (χ3n) is 0.774. The van der Waals surface area contributed by atoms with Gasteiger partial charge in [-0.2, -0.15) is 0 Å². The van der Waals surface area contributed by atoms with E-state index in [9.17, 15) is 4.79 Å². The Morgan fingerprint density at radius 1 is 1.78 bits per heavy atom. The number of nitrogens with one attached hydrogen (secondary N) is 2. The molecule has 0 fully saturated rings. The third-order valence-corrected chi connectivity index (χ3v) is 0.774. The van der Waals surface area contributed by atoms with Crippen LogP contribution in [0, 0.1) is 5.41 Å². The van der Waals surface area contributed by atoms with Gasteiger partial charge in [0.15, 0.2) is 0 Å². The Morgan fingerprint density at radius 2 is 2.33 bits per heavy atom. The molecule has 2 amide bonds. The fourth-order valence-electron chi connectivity index (χ4n) is 0.461. The minimum Gasteiger partial charge on any atom is -0.351 e. The van der Waals surface area contributed by atoms with Crippen molar-refractivity contribution < 1.29 is 4.79 Å². The lowest BCUT2D eigenvalue weighted by Gasteiger charge is -1.99.